The van der Waals surface area contributed by atoms with Crippen molar-refractivity contribution >= 4 is 27.6 Å². The number of carbonyl (C=O) groups excluding carboxylic acids is 1. The molecule has 0 spiro atoms. The van der Waals surface area contributed by atoms with Crippen molar-refractivity contribution in [2.75, 3.05) is 12.4 Å². The standard InChI is InChI=1S/C13H17BrN2O3/c1-19-8-5-6-9(14)11(7-8)16-13(18)15-10-3-2-4-12(10)17/h5-7,10,12,17H,2-4H2,1H3,(H2,15,16,18)/t10-,12-/m1/s1. The van der Waals surface area contributed by atoms with Crippen LogP contribution >= 0.6 is 15.9 Å². The van der Waals surface area contributed by atoms with Gasteiger partial charge in [0.15, 0.2) is 0 Å². The fourth-order valence-corrected chi connectivity index (χ4v) is 2.51. The Bertz CT molecular complexity index is 467. The van der Waals surface area contributed by atoms with Crippen LogP contribution in [-0.2, 0) is 0 Å². The molecule has 104 valence electrons. The molecule has 1 saturated carbocycles. The molecule has 0 saturated heterocycles. The summed E-state index contributed by atoms with van der Waals surface area (Å²) in [6.45, 7) is 0. The molecule has 0 bridgehead atoms. The molecule has 6 heteroatoms. The van der Waals surface area contributed by atoms with Crippen molar-refractivity contribution in [3.05, 3.63) is 22.7 Å². The lowest BCUT2D eigenvalue weighted by Gasteiger charge is -2.17. The molecule has 1 fully saturated rings. The predicted octanol–water partition coefficient (Wildman–Crippen LogP) is 2.49. The van der Waals surface area contributed by atoms with E-state index in [9.17, 15) is 9.90 Å². The quantitative estimate of drug-likeness (QED) is 0.798. The number of amides is 2. The van der Waals surface area contributed by atoms with Gasteiger partial charge >= 0.3 is 6.03 Å². The molecule has 2 rings (SSSR count). The molecule has 0 heterocycles. The fraction of sp³-hybridized carbons (Fsp3) is 0.462. The first-order valence-corrected chi connectivity index (χ1v) is 6.98. The van der Waals surface area contributed by atoms with E-state index in [0.717, 1.165) is 23.7 Å². The topological polar surface area (TPSA) is 70.6 Å². The highest BCUT2D eigenvalue weighted by Crippen LogP contribution is 2.27. The smallest absolute Gasteiger partial charge is 0.319 e. The molecule has 1 aliphatic rings. The van der Waals surface area contributed by atoms with Crippen molar-refractivity contribution in [2.24, 2.45) is 0 Å². The van der Waals surface area contributed by atoms with Crippen molar-refractivity contribution in [1.82, 2.24) is 5.32 Å². The van der Waals surface area contributed by atoms with E-state index in [0.29, 0.717) is 11.4 Å². The molecule has 0 unspecified atom stereocenters. The molecule has 0 aliphatic heterocycles. The van der Waals surface area contributed by atoms with E-state index in [1.165, 1.54) is 0 Å². The molecule has 1 aliphatic carbocycles. The monoisotopic (exact) mass is 328 g/mol. The highest BCUT2D eigenvalue weighted by molar-refractivity contribution is 9.10. The molecule has 19 heavy (non-hydrogen) atoms. The largest absolute Gasteiger partial charge is 0.497 e. The molecule has 5 nitrogen and oxygen atoms in total. The number of anilines is 1. The van der Waals surface area contributed by atoms with Crippen LogP contribution in [0.3, 0.4) is 0 Å². The summed E-state index contributed by atoms with van der Waals surface area (Å²) in [5.41, 5.74) is 0.629. The van der Waals surface area contributed by atoms with Gasteiger partial charge < -0.3 is 20.5 Å². The number of methoxy groups -OCH3 is 1. The van der Waals surface area contributed by atoms with Gasteiger partial charge in [0.05, 0.1) is 24.9 Å². The van der Waals surface area contributed by atoms with Gasteiger partial charge in [-0.15, -0.1) is 0 Å². The third-order valence-corrected chi connectivity index (χ3v) is 3.91. The minimum atomic E-state index is -0.445. The van der Waals surface area contributed by atoms with Crippen molar-refractivity contribution < 1.29 is 14.6 Å². The van der Waals surface area contributed by atoms with Gasteiger partial charge in [0, 0.05) is 10.5 Å². The van der Waals surface area contributed by atoms with Crippen LogP contribution in [0.2, 0.25) is 0 Å². The molecule has 0 aromatic heterocycles. The zero-order valence-corrected chi connectivity index (χ0v) is 12.2. The van der Waals surface area contributed by atoms with Gasteiger partial charge in [-0.1, -0.05) is 0 Å². The summed E-state index contributed by atoms with van der Waals surface area (Å²) in [6.07, 6.45) is 2.05. The number of ether oxygens (including phenoxy) is 1. The lowest BCUT2D eigenvalue weighted by atomic mass is 10.2. The number of nitrogens with one attached hydrogen (secondary N) is 2. The number of urea groups is 1. The van der Waals surface area contributed by atoms with Crippen molar-refractivity contribution in [2.45, 2.75) is 31.4 Å². The maximum atomic E-state index is 11.9. The summed E-state index contributed by atoms with van der Waals surface area (Å²) in [7, 11) is 1.57. The Morgan fingerprint density at radius 3 is 2.89 bits per heavy atom. The lowest BCUT2D eigenvalue weighted by molar-refractivity contribution is 0.151. The fourth-order valence-electron chi connectivity index (χ4n) is 2.16. The van der Waals surface area contributed by atoms with Crippen LogP contribution in [0, 0.1) is 0 Å². The molecule has 1 aromatic rings. The second kappa shape index (κ2) is 6.25. The number of hydrogen-bond acceptors (Lipinski definition) is 3. The first-order chi connectivity index (χ1) is 9.10. The van der Waals surface area contributed by atoms with E-state index in [4.69, 9.17) is 4.74 Å². The maximum absolute atomic E-state index is 11.9. The molecule has 2 amide bonds. The summed E-state index contributed by atoms with van der Waals surface area (Å²) in [5, 5.41) is 15.2. The minimum Gasteiger partial charge on any atom is -0.497 e. The van der Waals surface area contributed by atoms with E-state index in [-0.39, 0.29) is 12.1 Å². The molecule has 0 radical (unpaired) electrons. The van der Waals surface area contributed by atoms with Gasteiger partial charge in [-0.25, -0.2) is 4.79 Å². The average molecular weight is 329 g/mol. The van der Waals surface area contributed by atoms with Crippen LogP contribution in [-0.4, -0.2) is 30.4 Å². The van der Waals surface area contributed by atoms with Crippen LogP contribution in [0.1, 0.15) is 19.3 Å². The summed E-state index contributed by atoms with van der Waals surface area (Å²) in [4.78, 5) is 11.9. The molecule has 3 N–H and O–H groups in total. The van der Waals surface area contributed by atoms with Gasteiger partial charge in [0.2, 0.25) is 0 Å². The highest BCUT2D eigenvalue weighted by atomic mass is 79.9. The number of carbonyl (C=O) groups is 1. The van der Waals surface area contributed by atoms with Crippen molar-refractivity contribution in [1.29, 1.82) is 0 Å². The second-order valence-electron chi connectivity index (χ2n) is 4.55. The summed E-state index contributed by atoms with van der Waals surface area (Å²) in [6, 6.07) is 4.85. The van der Waals surface area contributed by atoms with Crippen LogP contribution in [0.25, 0.3) is 0 Å². The molecular weight excluding hydrogens is 312 g/mol. The van der Waals surface area contributed by atoms with Gasteiger partial charge in [0.1, 0.15) is 5.75 Å². The Kier molecular flexibility index (Phi) is 4.66. The maximum Gasteiger partial charge on any atom is 0.319 e. The van der Waals surface area contributed by atoms with Crippen LogP contribution in [0.4, 0.5) is 10.5 Å². The normalized spacial score (nSPS) is 22.1. The number of aliphatic hydroxyl groups is 1. The van der Waals surface area contributed by atoms with Crippen molar-refractivity contribution in [3.63, 3.8) is 0 Å². The first kappa shape index (κ1) is 14.1. The average Bonchev–Trinajstić information content (AvgIpc) is 2.78. The number of halogens is 1. The van der Waals surface area contributed by atoms with Crippen molar-refractivity contribution in [3.8, 4) is 5.75 Å². The zero-order valence-electron chi connectivity index (χ0n) is 10.6. The van der Waals surface area contributed by atoms with E-state index < -0.39 is 6.10 Å². The van der Waals surface area contributed by atoms with E-state index in [1.54, 1.807) is 25.3 Å². The Morgan fingerprint density at radius 2 is 2.26 bits per heavy atom. The van der Waals surface area contributed by atoms with Crippen LogP contribution in [0.15, 0.2) is 22.7 Å². The molecule has 1 aromatic carbocycles. The summed E-state index contributed by atoms with van der Waals surface area (Å²) < 4.78 is 5.88. The first-order valence-electron chi connectivity index (χ1n) is 6.19. The number of aliphatic hydroxyl groups excluding tert-OH is 1. The van der Waals surface area contributed by atoms with Crippen LogP contribution < -0.4 is 15.4 Å². The molecule has 2 atom stereocenters. The number of hydrogen-bond donors (Lipinski definition) is 3. The van der Waals surface area contributed by atoms with E-state index in [1.807, 2.05) is 0 Å². The minimum absolute atomic E-state index is 0.163. The third-order valence-electron chi connectivity index (χ3n) is 3.22. The van der Waals surface area contributed by atoms with Gasteiger partial charge in [-0.3, -0.25) is 0 Å². The summed E-state index contributed by atoms with van der Waals surface area (Å²) >= 11 is 3.37. The second-order valence-corrected chi connectivity index (χ2v) is 5.40. The number of benzene rings is 1. The molecular formula is C13H17BrN2O3. The lowest BCUT2D eigenvalue weighted by Crippen LogP contribution is -2.42. The Balaban J connectivity index is 1.98. The number of rotatable bonds is 3. The predicted molar refractivity (Wildman–Crippen MR) is 76.5 cm³/mol. The summed E-state index contributed by atoms with van der Waals surface area (Å²) in [5.74, 6) is 0.666. The third kappa shape index (κ3) is 3.61. The van der Waals surface area contributed by atoms with Gasteiger partial charge in [0.25, 0.3) is 0 Å². The Hall–Kier alpha value is -1.27. The van der Waals surface area contributed by atoms with E-state index in [2.05, 4.69) is 26.6 Å². The van der Waals surface area contributed by atoms with Crippen LogP contribution in [0.5, 0.6) is 5.75 Å². The van der Waals surface area contributed by atoms with E-state index >= 15 is 0 Å². The Morgan fingerprint density at radius 1 is 1.47 bits per heavy atom. The zero-order chi connectivity index (χ0) is 13.8. The van der Waals surface area contributed by atoms with Gasteiger partial charge in [-0.05, 0) is 47.3 Å². The Labute approximate surface area is 120 Å². The van der Waals surface area contributed by atoms with Gasteiger partial charge in [-0.2, -0.15) is 0 Å². The SMILES string of the molecule is COc1ccc(Br)c(NC(=O)N[C@@H]2CCC[C@H]2O)c1. The highest BCUT2D eigenvalue weighted by Gasteiger charge is 2.26.